The van der Waals surface area contributed by atoms with Gasteiger partial charge in [0.2, 0.25) is 5.91 Å². The van der Waals surface area contributed by atoms with Crippen molar-refractivity contribution < 1.29 is 19.8 Å². The van der Waals surface area contributed by atoms with Gasteiger partial charge in [-0.3, -0.25) is 4.79 Å². The number of benzene rings is 1. The molecule has 1 aliphatic heterocycles. The zero-order chi connectivity index (χ0) is 14.5. The van der Waals surface area contributed by atoms with Crippen molar-refractivity contribution in [3.8, 4) is 5.75 Å². The minimum atomic E-state index is -1.13. The summed E-state index contributed by atoms with van der Waals surface area (Å²) >= 11 is 0. The minimum Gasteiger partial charge on any atom is -0.506 e. The molecular formula is C14H16N2O4. The number of aromatic hydroxyl groups is 1. The number of nitrogens with zero attached hydrogens (tertiary/aromatic N) is 2. The second-order valence-electron chi connectivity index (χ2n) is 4.47. The van der Waals surface area contributed by atoms with Crippen LogP contribution in [0.3, 0.4) is 0 Å². The Morgan fingerprint density at radius 2 is 1.70 bits per heavy atom. The number of carboxylic acid groups (broad SMARTS) is 1. The lowest BCUT2D eigenvalue weighted by Crippen LogP contribution is -2.48. The molecule has 1 saturated heterocycles. The molecule has 6 heteroatoms. The van der Waals surface area contributed by atoms with Crippen LogP contribution in [0.15, 0.2) is 36.4 Å². The van der Waals surface area contributed by atoms with Crippen molar-refractivity contribution in [2.45, 2.75) is 0 Å². The van der Waals surface area contributed by atoms with Gasteiger partial charge in [-0.25, -0.2) is 4.79 Å². The first-order valence-electron chi connectivity index (χ1n) is 6.31. The molecule has 2 rings (SSSR count). The zero-order valence-corrected chi connectivity index (χ0v) is 10.9. The predicted octanol–water partition coefficient (Wildman–Crippen LogP) is 0.682. The first kappa shape index (κ1) is 13.9. The third-order valence-corrected chi connectivity index (χ3v) is 3.18. The Bertz CT molecular complexity index is 534. The van der Waals surface area contributed by atoms with Crippen LogP contribution in [-0.4, -0.2) is 53.2 Å². The molecule has 0 bridgehead atoms. The minimum absolute atomic E-state index is 0.220. The number of hydrogen-bond acceptors (Lipinski definition) is 4. The molecule has 0 unspecified atom stereocenters. The molecule has 1 aliphatic rings. The van der Waals surface area contributed by atoms with Gasteiger partial charge in [-0.2, -0.15) is 0 Å². The van der Waals surface area contributed by atoms with Crippen LogP contribution in [0.25, 0.3) is 0 Å². The van der Waals surface area contributed by atoms with Crippen LogP contribution in [0.1, 0.15) is 0 Å². The highest BCUT2D eigenvalue weighted by atomic mass is 16.4. The first-order chi connectivity index (χ1) is 9.58. The van der Waals surface area contributed by atoms with Gasteiger partial charge in [0.15, 0.2) is 0 Å². The molecule has 0 atom stereocenters. The monoisotopic (exact) mass is 276 g/mol. The largest absolute Gasteiger partial charge is 0.506 e. The molecule has 2 N–H and O–H groups in total. The van der Waals surface area contributed by atoms with Gasteiger partial charge in [0.05, 0.1) is 5.69 Å². The lowest BCUT2D eigenvalue weighted by Gasteiger charge is -2.35. The predicted molar refractivity (Wildman–Crippen MR) is 73.7 cm³/mol. The van der Waals surface area contributed by atoms with Gasteiger partial charge in [0.1, 0.15) is 5.75 Å². The molecule has 6 nitrogen and oxygen atoms in total. The number of para-hydroxylation sites is 2. The normalized spacial score (nSPS) is 15.6. The molecule has 1 aromatic carbocycles. The summed E-state index contributed by atoms with van der Waals surface area (Å²) in [6.07, 6.45) is 1.91. The van der Waals surface area contributed by atoms with Crippen LogP contribution in [0.4, 0.5) is 5.69 Å². The molecule has 0 aliphatic carbocycles. The van der Waals surface area contributed by atoms with Crippen molar-refractivity contribution in [1.82, 2.24) is 4.90 Å². The van der Waals surface area contributed by atoms with E-state index in [0.29, 0.717) is 26.2 Å². The second-order valence-corrected chi connectivity index (χ2v) is 4.47. The number of aliphatic carboxylic acids is 1. The van der Waals surface area contributed by atoms with Crippen LogP contribution in [0.2, 0.25) is 0 Å². The number of hydrogen-bond donors (Lipinski definition) is 2. The van der Waals surface area contributed by atoms with Crippen molar-refractivity contribution in [2.24, 2.45) is 0 Å². The van der Waals surface area contributed by atoms with Crippen molar-refractivity contribution >= 4 is 17.6 Å². The highest BCUT2D eigenvalue weighted by Crippen LogP contribution is 2.27. The van der Waals surface area contributed by atoms with Crippen LogP contribution in [0, 0.1) is 0 Å². The van der Waals surface area contributed by atoms with Crippen molar-refractivity contribution in [2.75, 3.05) is 31.1 Å². The van der Waals surface area contributed by atoms with Gasteiger partial charge in [0, 0.05) is 38.3 Å². The summed E-state index contributed by atoms with van der Waals surface area (Å²) in [6, 6.07) is 7.07. The van der Waals surface area contributed by atoms with Crippen LogP contribution in [0.5, 0.6) is 5.75 Å². The van der Waals surface area contributed by atoms with E-state index in [1.165, 1.54) is 0 Å². The van der Waals surface area contributed by atoms with E-state index < -0.39 is 5.97 Å². The Labute approximate surface area is 116 Å². The maximum absolute atomic E-state index is 11.7. The summed E-state index contributed by atoms with van der Waals surface area (Å²) < 4.78 is 0. The van der Waals surface area contributed by atoms with Crippen LogP contribution >= 0.6 is 0 Å². The third-order valence-electron chi connectivity index (χ3n) is 3.18. The first-order valence-corrected chi connectivity index (χ1v) is 6.31. The number of anilines is 1. The summed E-state index contributed by atoms with van der Waals surface area (Å²) in [5.41, 5.74) is 0.751. The van der Waals surface area contributed by atoms with E-state index in [9.17, 15) is 14.7 Å². The average Bonchev–Trinajstić information content (AvgIpc) is 2.45. The number of phenols is 1. The van der Waals surface area contributed by atoms with Crippen LogP contribution < -0.4 is 4.90 Å². The molecule has 1 fully saturated rings. The molecule has 1 aromatic rings. The Morgan fingerprint density at radius 1 is 1.05 bits per heavy atom. The van der Waals surface area contributed by atoms with E-state index in [0.717, 1.165) is 17.8 Å². The quantitative estimate of drug-likeness (QED) is 0.794. The van der Waals surface area contributed by atoms with Gasteiger partial charge in [-0.05, 0) is 12.1 Å². The number of rotatable bonds is 3. The van der Waals surface area contributed by atoms with Gasteiger partial charge in [-0.1, -0.05) is 12.1 Å². The highest BCUT2D eigenvalue weighted by molar-refractivity contribution is 5.94. The second kappa shape index (κ2) is 6.10. The molecule has 106 valence electrons. The number of carbonyl (C=O) groups is 2. The highest BCUT2D eigenvalue weighted by Gasteiger charge is 2.21. The van der Waals surface area contributed by atoms with Crippen molar-refractivity contribution in [3.05, 3.63) is 36.4 Å². The Balaban J connectivity index is 1.94. The lowest BCUT2D eigenvalue weighted by atomic mass is 10.2. The summed E-state index contributed by atoms with van der Waals surface area (Å²) in [7, 11) is 0. The van der Waals surface area contributed by atoms with E-state index in [-0.39, 0.29) is 11.7 Å². The summed E-state index contributed by atoms with van der Waals surface area (Å²) in [6.45, 7) is 2.20. The number of carbonyl (C=O) groups excluding carboxylic acids is 1. The van der Waals surface area contributed by atoms with Gasteiger partial charge >= 0.3 is 5.97 Å². The molecule has 20 heavy (non-hydrogen) atoms. The molecular weight excluding hydrogens is 260 g/mol. The standard InChI is InChI=1S/C14H16N2O4/c17-12-4-2-1-3-11(12)15-7-9-16(10-8-15)13(18)5-6-14(19)20/h1-6,17H,7-10H2,(H,19,20)/b6-5+. The van der Waals surface area contributed by atoms with E-state index in [4.69, 9.17) is 5.11 Å². The Morgan fingerprint density at radius 3 is 2.30 bits per heavy atom. The SMILES string of the molecule is O=C(O)/C=C/C(=O)N1CCN(c2ccccc2O)CC1. The molecule has 0 radical (unpaired) electrons. The van der Waals surface area contributed by atoms with Gasteiger partial charge in [0.25, 0.3) is 0 Å². The van der Waals surface area contributed by atoms with E-state index in [1.807, 2.05) is 17.0 Å². The molecule has 0 saturated carbocycles. The summed E-state index contributed by atoms with van der Waals surface area (Å²) in [5, 5.41) is 18.3. The molecule has 1 heterocycles. The van der Waals surface area contributed by atoms with Crippen molar-refractivity contribution in [3.63, 3.8) is 0 Å². The van der Waals surface area contributed by atoms with E-state index in [2.05, 4.69) is 0 Å². The van der Waals surface area contributed by atoms with Crippen molar-refractivity contribution in [1.29, 1.82) is 0 Å². The molecule has 0 aromatic heterocycles. The smallest absolute Gasteiger partial charge is 0.328 e. The average molecular weight is 276 g/mol. The lowest BCUT2D eigenvalue weighted by molar-refractivity contribution is -0.132. The number of phenolic OH excluding ortho intramolecular Hbond substituents is 1. The van der Waals surface area contributed by atoms with E-state index >= 15 is 0 Å². The number of amides is 1. The fourth-order valence-corrected chi connectivity index (χ4v) is 2.15. The summed E-state index contributed by atoms with van der Waals surface area (Å²) in [4.78, 5) is 25.7. The molecule has 0 spiro atoms. The van der Waals surface area contributed by atoms with Crippen LogP contribution in [-0.2, 0) is 9.59 Å². The van der Waals surface area contributed by atoms with Gasteiger partial charge in [-0.15, -0.1) is 0 Å². The third kappa shape index (κ3) is 3.28. The maximum Gasteiger partial charge on any atom is 0.328 e. The fraction of sp³-hybridized carbons (Fsp3) is 0.286. The number of carboxylic acids is 1. The number of piperazine rings is 1. The maximum atomic E-state index is 11.7. The summed E-state index contributed by atoms with van der Waals surface area (Å²) in [5.74, 6) is -1.21. The topological polar surface area (TPSA) is 81.1 Å². The Hall–Kier alpha value is -2.50. The zero-order valence-electron chi connectivity index (χ0n) is 10.9. The molecule has 1 amide bonds. The fourth-order valence-electron chi connectivity index (χ4n) is 2.15. The van der Waals surface area contributed by atoms with Gasteiger partial charge < -0.3 is 20.0 Å². The van der Waals surface area contributed by atoms with E-state index in [1.54, 1.807) is 17.0 Å². The Kier molecular flexibility index (Phi) is 4.24.